The Morgan fingerprint density at radius 3 is 1.20 bits per heavy atom. The summed E-state index contributed by atoms with van der Waals surface area (Å²) in [5.74, 6) is -3.16. The number of hydrogen-bond acceptors (Lipinski definition) is 12. The molecular weight excluding hydrogens is 773 g/mol. The number of hydrogen-bond donors (Lipinski definition) is 5. The van der Waals surface area contributed by atoms with Crippen molar-refractivity contribution in [2.45, 2.75) is 170 Å². The van der Waals surface area contributed by atoms with Gasteiger partial charge in [0.15, 0.2) is 0 Å². The number of halogens is 1. The Morgan fingerprint density at radius 2 is 1.00 bits per heavy atom. The topological polar surface area (TPSA) is 262 Å². The van der Waals surface area contributed by atoms with Crippen molar-refractivity contribution in [1.29, 1.82) is 0 Å². The molecule has 0 unspecified atom stereocenters. The third kappa shape index (κ3) is 38.4. The van der Waals surface area contributed by atoms with Crippen LogP contribution in [0, 0.1) is 0 Å². The number of amides is 3. The van der Waals surface area contributed by atoms with Gasteiger partial charge >= 0.3 is 55.0 Å². The van der Waals surface area contributed by atoms with Crippen molar-refractivity contribution in [3.8, 4) is 0 Å². The minimum absolute atomic E-state index is 0. The number of carboxylic acid groups (broad SMARTS) is 3. The van der Waals surface area contributed by atoms with E-state index in [4.69, 9.17) is 41.4 Å². The van der Waals surface area contributed by atoms with Crippen molar-refractivity contribution in [2.75, 3.05) is 34.5 Å². The average Bonchev–Trinajstić information content (AvgIpc) is 3.58. The number of carbonyl (C=O) groups is 7. The Balaban J connectivity index is -0.0000000965. The number of nitrogens with zero attached hydrogens (tertiary/aromatic N) is 2. The van der Waals surface area contributed by atoms with E-state index in [1.165, 1.54) is 66.3 Å². The predicted molar refractivity (Wildman–Crippen MR) is 221 cm³/mol. The number of alkyl carbamates (subject to hydrolysis) is 1. The van der Waals surface area contributed by atoms with E-state index in [1.54, 1.807) is 83.2 Å². The number of nitrogens with two attached hydrogens (primary N) is 1. The van der Waals surface area contributed by atoms with Crippen LogP contribution in [-0.2, 0) is 38.1 Å². The first kappa shape index (κ1) is 67.2. The fraction of sp³-hybridized carbons (Fsp3) is 0.816. The van der Waals surface area contributed by atoms with Gasteiger partial charge in [-0.15, -0.1) is 0 Å². The van der Waals surface area contributed by atoms with Crippen molar-refractivity contribution < 1.29 is 93.9 Å². The van der Waals surface area contributed by atoms with E-state index in [2.05, 4.69) is 5.32 Å². The number of nitrogens with one attached hydrogen (secondary N) is 1. The molecule has 0 bridgehead atoms. The number of ether oxygens (including phenoxy) is 4. The van der Waals surface area contributed by atoms with E-state index in [-0.39, 0.29) is 28.7 Å². The molecule has 0 saturated carbocycles. The summed E-state index contributed by atoms with van der Waals surface area (Å²) in [5, 5.41) is 28.0. The normalized spacial score (nSPS) is 12.5. The molecule has 1 rings (SSSR count). The molecule has 59 heavy (non-hydrogen) atoms. The van der Waals surface area contributed by atoms with Crippen LogP contribution in [0.4, 0.5) is 18.8 Å². The minimum atomic E-state index is -1.32. The van der Waals surface area contributed by atoms with Crippen LogP contribution in [0.25, 0.3) is 0 Å². The molecule has 1 fully saturated rings. The number of carboxylic acids is 3. The first-order valence-corrected chi connectivity index (χ1v) is 17.8. The summed E-state index contributed by atoms with van der Waals surface area (Å²) in [7, 11) is 1.95. The van der Waals surface area contributed by atoms with Crippen molar-refractivity contribution in [3.05, 3.63) is 0 Å². The summed E-state index contributed by atoms with van der Waals surface area (Å²) < 4.78 is 35.5. The van der Waals surface area contributed by atoms with Gasteiger partial charge in [0.25, 0.3) is 0 Å². The third-order valence-electron chi connectivity index (χ3n) is 6.58. The zero-order valence-corrected chi connectivity index (χ0v) is 39.4. The van der Waals surface area contributed by atoms with Crippen LogP contribution in [0.2, 0.25) is 0 Å². The molecule has 1 aliphatic rings. The van der Waals surface area contributed by atoms with Gasteiger partial charge in [-0.25, -0.2) is 24.0 Å². The molecule has 343 valence electrons. The molecule has 21 heteroatoms. The molecule has 1 heterocycles. The van der Waals surface area contributed by atoms with Crippen LogP contribution in [0.3, 0.4) is 0 Å². The van der Waals surface area contributed by atoms with Crippen molar-refractivity contribution >= 4 is 50.9 Å². The van der Waals surface area contributed by atoms with Gasteiger partial charge in [0.2, 0.25) is 0 Å². The second-order valence-corrected chi connectivity index (χ2v) is 17.6. The molecule has 0 aliphatic carbocycles. The number of likely N-dealkylation sites (N-methyl/N-ethyl adjacent to an activating group) is 2. The maximum absolute atomic E-state index is 11.6. The number of aliphatic carboxylic acids is 3. The van der Waals surface area contributed by atoms with Crippen LogP contribution in [-0.4, -0.2) is 149 Å². The molecule has 0 aromatic carbocycles. The van der Waals surface area contributed by atoms with Gasteiger partial charge in [-0.3, -0.25) is 19.0 Å². The Kier molecular flexibility index (Phi) is 33.7. The summed E-state index contributed by atoms with van der Waals surface area (Å²) in [6, 6.07) is 0. The SMILES string of the molecule is C1CCOC1.CC(C)(C)OC(=O)NC(C)(C)C(=O)O.CC(C)(N)C(=O)O.CN(C(=O)OC(C)(C)C)C(C)(C)C(=O)O.CN(C(=O)OC(C)(C)C)C(C)(C)C=O.[2H]CF.[B].[H-].[Li+]. The van der Waals surface area contributed by atoms with E-state index in [0.717, 1.165) is 24.4 Å². The monoisotopic (exact) mass is 851 g/mol. The predicted octanol–water partition coefficient (Wildman–Crippen LogP) is 2.85. The summed E-state index contributed by atoms with van der Waals surface area (Å²) in [6.07, 6.45) is 1.41. The number of alkyl halides is 1. The number of carbonyl (C=O) groups excluding carboxylic acids is 4. The second-order valence-electron chi connectivity index (χ2n) is 17.6. The smallest absolute Gasteiger partial charge is 1.00 e. The molecular formula is C38H76BFLiN4O14. The summed E-state index contributed by atoms with van der Waals surface area (Å²) in [6.45, 7) is 29.5. The molecule has 1 aliphatic heterocycles. The molecule has 0 aromatic rings. The van der Waals surface area contributed by atoms with Gasteiger partial charge in [-0.2, -0.15) is 0 Å². The largest absolute Gasteiger partial charge is 1.00 e. The van der Waals surface area contributed by atoms with Gasteiger partial charge in [-0.1, -0.05) is 0 Å². The molecule has 18 nitrogen and oxygen atoms in total. The molecule has 0 aromatic heterocycles. The average molecular weight is 851 g/mol. The van der Waals surface area contributed by atoms with Gasteiger partial charge in [0.05, 0.1) is 14.1 Å². The molecule has 3 radical (unpaired) electrons. The summed E-state index contributed by atoms with van der Waals surface area (Å²) in [4.78, 5) is 78.7. The van der Waals surface area contributed by atoms with Gasteiger partial charge in [0.1, 0.15) is 39.7 Å². The Hall–Kier alpha value is -3.60. The van der Waals surface area contributed by atoms with E-state index in [1.807, 2.05) is 0 Å². The van der Waals surface area contributed by atoms with Gasteiger partial charge in [0, 0.05) is 35.7 Å². The fourth-order valence-electron chi connectivity index (χ4n) is 2.47. The van der Waals surface area contributed by atoms with Crippen LogP contribution in [0.15, 0.2) is 0 Å². The molecule has 0 atom stereocenters. The minimum Gasteiger partial charge on any atom is -1.00 e. The van der Waals surface area contributed by atoms with E-state index < -0.39 is 82.3 Å². The Morgan fingerprint density at radius 1 is 0.695 bits per heavy atom. The quantitative estimate of drug-likeness (QED) is 0.140. The second kappa shape index (κ2) is 29.6. The Bertz CT molecular complexity index is 1290. The van der Waals surface area contributed by atoms with Crippen molar-refractivity contribution in [1.82, 2.24) is 15.1 Å². The maximum Gasteiger partial charge on any atom is 1.00 e. The van der Waals surface area contributed by atoms with E-state index in [0.29, 0.717) is 0 Å². The molecule has 6 N–H and O–H groups in total. The van der Waals surface area contributed by atoms with E-state index >= 15 is 0 Å². The van der Waals surface area contributed by atoms with E-state index in [9.17, 15) is 38.0 Å². The summed E-state index contributed by atoms with van der Waals surface area (Å²) >= 11 is 0. The fourth-order valence-corrected chi connectivity index (χ4v) is 2.47. The van der Waals surface area contributed by atoms with Crippen LogP contribution in [0.5, 0.6) is 0 Å². The van der Waals surface area contributed by atoms with Gasteiger partial charge in [-0.05, 0) is 131 Å². The standard InChI is InChI=1S/C10H19NO4.C10H19NO3.C9H17NO4.C4H9NO2.C4H8O.CH3F.B.Li.H/c1-9(2,3)15-8(14)11(6)10(4,5)7(12)13;1-9(2,3)14-8(13)11(6)10(4,5)7-12;1-8(2,3)14-7(13)10-9(4,5)6(11)12;1-4(2,5)3(6)7;1-2-4-5-3-1;1-2;;;/h1-6H3,(H,12,13);7H,1-6H3;1-5H3,(H,10,13)(H,11,12);5H2,1-2H3,(H,6,7);1-4H2;1H3;;;/q;;;;;;;+1;-1/i;;;;;1D;;;. The van der Waals surface area contributed by atoms with Gasteiger partial charge < -0.3 is 51.5 Å². The number of rotatable bonds is 7. The molecule has 0 spiro atoms. The van der Waals surface area contributed by atoms with Crippen LogP contribution >= 0.6 is 0 Å². The Labute approximate surface area is 368 Å². The first-order chi connectivity index (χ1) is 25.5. The zero-order chi connectivity index (χ0) is 47.9. The first-order valence-electron chi connectivity index (χ1n) is 18.5. The maximum atomic E-state index is 11.6. The zero-order valence-electron chi connectivity index (χ0n) is 41.4. The molecule has 1 saturated heterocycles. The molecule has 3 amide bonds. The van der Waals surface area contributed by atoms with Crippen molar-refractivity contribution in [3.63, 3.8) is 0 Å². The van der Waals surface area contributed by atoms with Crippen LogP contribution < -0.4 is 29.9 Å². The third-order valence-corrected chi connectivity index (χ3v) is 6.58. The van der Waals surface area contributed by atoms with Crippen molar-refractivity contribution in [2.24, 2.45) is 5.73 Å². The van der Waals surface area contributed by atoms with Crippen LogP contribution in [0.1, 0.15) is 133 Å². The number of aldehydes is 1. The summed E-state index contributed by atoms with van der Waals surface area (Å²) in [5.41, 5.74) is -1.22.